The second-order valence-corrected chi connectivity index (χ2v) is 3.63. The first-order valence-electron chi connectivity index (χ1n) is 3.98. The lowest BCUT2D eigenvalue weighted by molar-refractivity contribution is 0.597. The monoisotopic (exact) mass is 186 g/mol. The van der Waals surface area contributed by atoms with Gasteiger partial charge in [0.1, 0.15) is 5.82 Å². The molecule has 0 spiro atoms. The molecule has 1 aromatic rings. The van der Waals surface area contributed by atoms with E-state index in [1.54, 1.807) is 13.0 Å². The highest BCUT2D eigenvalue weighted by Gasteiger charge is 2.11. The quantitative estimate of drug-likeness (QED) is 0.624. The van der Waals surface area contributed by atoms with Crippen LogP contribution in [0, 0.1) is 12.7 Å². The average molecular weight is 187 g/mol. The maximum atomic E-state index is 13.4. The molecule has 12 heavy (non-hydrogen) atoms. The van der Waals surface area contributed by atoms with Crippen LogP contribution < -0.4 is 0 Å². The molecule has 1 aromatic carbocycles. The molecular formula is C10H12ClF. The molecule has 0 unspecified atom stereocenters. The highest BCUT2D eigenvalue weighted by atomic mass is 35.5. The number of benzene rings is 1. The van der Waals surface area contributed by atoms with Crippen LogP contribution in [0.25, 0.3) is 0 Å². The molecule has 0 N–H and O–H groups in total. The molecule has 0 radical (unpaired) electrons. The molecule has 0 saturated heterocycles. The Morgan fingerprint density at radius 3 is 2.42 bits per heavy atom. The minimum absolute atomic E-state index is 0.183. The largest absolute Gasteiger partial charge is 0.205 e. The van der Waals surface area contributed by atoms with Crippen LogP contribution in [-0.2, 0) is 0 Å². The molecule has 0 nitrogen and oxygen atoms in total. The van der Waals surface area contributed by atoms with Gasteiger partial charge in [-0.05, 0) is 24.0 Å². The molecule has 0 saturated carbocycles. The summed E-state index contributed by atoms with van der Waals surface area (Å²) in [6.07, 6.45) is 0. The zero-order valence-electron chi connectivity index (χ0n) is 7.49. The van der Waals surface area contributed by atoms with E-state index in [-0.39, 0.29) is 16.8 Å². The Bertz CT molecular complexity index is 292. The third-order valence-corrected chi connectivity index (χ3v) is 2.39. The normalized spacial score (nSPS) is 10.8. The lowest BCUT2D eigenvalue weighted by atomic mass is 10.0. The van der Waals surface area contributed by atoms with Crippen molar-refractivity contribution in [2.24, 2.45) is 0 Å². The van der Waals surface area contributed by atoms with E-state index in [4.69, 9.17) is 11.6 Å². The molecule has 0 bridgehead atoms. The van der Waals surface area contributed by atoms with E-state index < -0.39 is 0 Å². The van der Waals surface area contributed by atoms with Gasteiger partial charge < -0.3 is 0 Å². The van der Waals surface area contributed by atoms with Crippen molar-refractivity contribution in [2.45, 2.75) is 26.7 Å². The van der Waals surface area contributed by atoms with E-state index in [0.717, 1.165) is 5.56 Å². The minimum atomic E-state index is -0.272. The summed E-state index contributed by atoms with van der Waals surface area (Å²) in [6.45, 7) is 5.70. The first-order valence-corrected chi connectivity index (χ1v) is 4.36. The molecule has 0 heterocycles. The van der Waals surface area contributed by atoms with Crippen molar-refractivity contribution in [3.8, 4) is 0 Å². The van der Waals surface area contributed by atoms with Crippen molar-refractivity contribution in [2.75, 3.05) is 0 Å². The molecule has 0 fully saturated rings. The summed E-state index contributed by atoms with van der Waals surface area (Å²) in [5.74, 6) is -0.0882. The number of halogens is 2. The van der Waals surface area contributed by atoms with E-state index in [0.29, 0.717) is 5.56 Å². The van der Waals surface area contributed by atoms with Crippen molar-refractivity contribution >= 4 is 11.6 Å². The fourth-order valence-electron chi connectivity index (χ4n) is 1.11. The number of hydrogen-bond acceptors (Lipinski definition) is 0. The maximum Gasteiger partial charge on any atom is 0.145 e. The lowest BCUT2D eigenvalue weighted by Crippen LogP contribution is -1.94. The number of aryl methyl sites for hydroxylation is 1. The SMILES string of the molecule is Cc1ccc(C(C)C)c(F)c1Cl. The summed E-state index contributed by atoms with van der Waals surface area (Å²) in [5.41, 5.74) is 1.48. The first kappa shape index (κ1) is 9.53. The molecule has 0 aliphatic heterocycles. The molecule has 0 aromatic heterocycles. The third kappa shape index (κ3) is 1.61. The van der Waals surface area contributed by atoms with Crippen LogP contribution in [0.2, 0.25) is 5.02 Å². The second kappa shape index (κ2) is 3.44. The second-order valence-electron chi connectivity index (χ2n) is 3.25. The summed E-state index contributed by atoms with van der Waals surface area (Å²) in [4.78, 5) is 0. The summed E-state index contributed by atoms with van der Waals surface area (Å²) < 4.78 is 13.4. The van der Waals surface area contributed by atoms with Gasteiger partial charge in [-0.25, -0.2) is 4.39 Å². The van der Waals surface area contributed by atoms with Gasteiger partial charge in [-0.2, -0.15) is 0 Å². The molecule has 0 aliphatic carbocycles. The van der Waals surface area contributed by atoms with Crippen molar-refractivity contribution in [1.29, 1.82) is 0 Å². The molecular weight excluding hydrogens is 175 g/mol. The Morgan fingerprint density at radius 1 is 1.33 bits per heavy atom. The van der Waals surface area contributed by atoms with E-state index in [2.05, 4.69) is 0 Å². The van der Waals surface area contributed by atoms with Gasteiger partial charge in [0.15, 0.2) is 0 Å². The van der Waals surface area contributed by atoms with Gasteiger partial charge in [-0.15, -0.1) is 0 Å². The van der Waals surface area contributed by atoms with Gasteiger partial charge >= 0.3 is 0 Å². The molecule has 0 aliphatic rings. The van der Waals surface area contributed by atoms with E-state index >= 15 is 0 Å². The highest BCUT2D eigenvalue weighted by molar-refractivity contribution is 6.31. The average Bonchev–Trinajstić information content (AvgIpc) is 2.00. The van der Waals surface area contributed by atoms with Crippen molar-refractivity contribution in [3.63, 3.8) is 0 Å². The Morgan fingerprint density at radius 2 is 1.92 bits per heavy atom. The molecule has 0 amide bonds. The van der Waals surface area contributed by atoms with Gasteiger partial charge in [0.25, 0.3) is 0 Å². The zero-order valence-corrected chi connectivity index (χ0v) is 8.24. The van der Waals surface area contributed by atoms with E-state index in [1.807, 2.05) is 19.9 Å². The Kier molecular flexibility index (Phi) is 2.73. The minimum Gasteiger partial charge on any atom is -0.205 e. The Hall–Kier alpha value is -0.560. The number of hydrogen-bond donors (Lipinski definition) is 0. The summed E-state index contributed by atoms with van der Waals surface area (Å²) >= 11 is 5.75. The molecule has 2 heteroatoms. The highest BCUT2D eigenvalue weighted by Crippen LogP contribution is 2.26. The summed E-state index contributed by atoms with van der Waals surface area (Å²) in [6, 6.07) is 3.64. The van der Waals surface area contributed by atoms with E-state index in [1.165, 1.54) is 0 Å². The van der Waals surface area contributed by atoms with Crippen LogP contribution in [0.1, 0.15) is 30.9 Å². The van der Waals surface area contributed by atoms with Crippen LogP contribution in [0.5, 0.6) is 0 Å². The topological polar surface area (TPSA) is 0 Å². The fraction of sp³-hybridized carbons (Fsp3) is 0.400. The van der Waals surface area contributed by atoms with E-state index in [9.17, 15) is 4.39 Å². The third-order valence-electron chi connectivity index (χ3n) is 1.93. The van der Waals surface area contributed by atoms with Crippen LogP contribution in [0.4, 0.5) is 4.39 Å². The Labute approximate surface area is 77.4 Å². The van der Waals surface area contributed by atoms with Crippen LogP contribution in [-0.4, -0.2) is 0 Å². The lowest BCUT2D eigenvalue weighted by Gasteiger charge is -2.09. The van der Waals surface area contributed by atoms with Gasteiger partial charge in [-0.1, -0.05) is 37.6 Å². The fourth-order valence-corrected chi connectivity index (χ4v) is 1.28. The zero-order chi connectivity index (χ0) is 9.30. The van der Waals surface area contributed by atoms with Gasteiger partial charge in [0.2, 0.25) is 0 Å². The van der Waals surface area contributed by atoms with Crippen LogP contribution in [0.3, 0.4) is 0 Å². The van der Waals surface area contributed by atoms with Crippen LogP contribution in [0.15, 0.2) is 12.1 Å². The Balaban J connectivity index is 3.27. The van der Waals surface area contributed by atoms with Crippen molar-refractivity contribution < 1.29 is 4.39 Å². The van der Waals surface area contributed by atoms with Gasteiger partial charge in [0.05, 0.1) is 5.02 Å². The summed E-state index contributed by atoms with van der Waals surface area (Å²) in [5, 5.41) is 0.251. The predicted molar refractivity (Wildman–Crippen MR) is 50.2 cm³/mol. The number of rotatable bonds is 1. The molecule has 0 atom stereocenters. The predicted octanol–water partition coefficient (Wildman–Crippen LogP) is 3.91. The van der Waals surface area contributed by atoms with Gasteiger partial charge in [-0.3, -0.25) is 0 Å². The van der Waals surface area contributed by atoms with Crippen molar-refractivity contribution in [1.82, 2.24) is 0 Å². The standard InChI is InChI=1S/C10H12ClF/c1-6(2)8-5-4-7(3)9(11)10(8)12/h4-6H,1-3H3. The summed E-state index contributed by atoms with van der Waals surface area (Å²) in [7, 11) is 0. The van der Waals surface area contributed by atoms with Crippen LogP contribution >= 0.6 is 11.6 Å². The molecule has 1 rings (SSSR count). The first-order chi connectivity index (χ1) is 5.54. The molecule has 66 valence electrons. The smallest absolute Gasteiger partial charge is 0.145 e. The van der Waals surface area contributed by atoms with Crippen molar-refractivity contribution in [3.05, 3.63) is 34.1 Å². The maximum absolute atomic E-state index is 13.4. The van der Waals surface area contributed by atoms with Gasteiger partial charge in [0, 0.05) is 0 Å².